The molecule has 2 atom stereocenters. The largest absolute Gasteiger partial charge is 0.495 e. The van der Waals surface area contributed by atoms with Gasteiger partial charge < -0.3 is 28.4 Å². The number of allylic oxidation sites excluding steroid dienone is 1. The lowest BCUT2D eigenvalue weighted by Crippen LogP contribution is -2.24. The highest BCUT2D eigenvalue weighted by Crippen LogP contribution is 2.50. The minimum absolute atomic E-state index is 0.0100. The van der Waals surface area contributed by atoms with Crippen LogP contribution in [0.3, 0.4) is 0 Å². The molecule has 0 saturated carbocycles. The van der Waals surface area contributed by atoms with Crippen molar-refractivity contribution in [3.63, 3.8) is 0 Å². The SMILES string of the molecule is COc1cc([C@@H]2CC(=O)Oc3cc4c(c(OC)c32)C(=O)O[C@H](C)CCCC(=O)CCCC=C4)cc(OC)c1OC. The van der Waals surface area contributed by atoms with E-state index in [1.807, 2.05) is 13.0 Å². The zero-order valence-corrected chi connectivity index (χ0v) is 23.7. The van der Waals surface area contributed by atoms with E-state index in [0.29, 0.717) is 78.2 Å². The standard InChI is InChI=1S/C31H36O9/c1-18-10-9-13-21(32)12-8-6-7-11-19-14-23-28(30(38-5)27(19)31(34)39-18)22(17-26(33)40-23)20-15-24(35-2)29(37-4)25(16-20)36-3/h7,11,14-16,18,22H,6,8-10,12-13,17H2,1-5H3/t18-,22+/m1/s1. The van der Waals surface area contributed by atoms with Gasteiger partial charge in [0.1, 0.15) is 22.8 Å². The molecule has 40 heavy (non-hydrogen) atoms. The van der Waals surface area contributed by atoms with Crippen LogP contribution in [0.15, 0.2) is 24.3 Å². The lowest BCUT2D eigenvalue weighted by molar-refractivity contribution is -0.135. The molecule has 214 valence electrons. The zero-order valence-electron chi connectivity index (χ0n) is 23.7. The van der Waals surface area contributed by atoms with Gasteiger partial charge in [0.15, 0.2) is 11.5 Å². The summed E-state index contributed by atoms with van der Waals surface area (Å²) in [6.45, 7) is 1.81. The molecule has 0 spiro atoms. The van der Waals surface area contributed by atoms with Gasteiger partial charge in [0.2, 0.25) is 5.75 Å². The van der Waals surface area contributed by atoms with Crippen LogP contribution >= 0.6 is 0 Å². The average molecular weight is 553 g/mol. The highest BCUT2D eigenvalue weighted by Gasteiger charge is 2.37. The number of carbonyl (C=O) groups excluding carboxylic acids is 3. The molecule has 2 aromatic carbocycles. The Kier molecular flexibility index (Phi) is 9.34. The number of ether oxygens (including phenoxy) is 6. The van der Waals surface area contributed by atoms with Crippen molar-refractivity contribution in [2.45, 2.75) is 63.9 Å². The number of carbonyl (C=O) groups is 3. The van der Waals surface area contributed by atoms with Gasteiger partial charge in [-0.2, -0.15) is 0 Å². The van der Waals surface area contributed by atoms with E-state index in [1.165, 1.54) is 28.4 Å². The van der Waals surface area contributed by atoms with Crippen LogP contribution in [0, 0.1) is 0 Å². The predicted molar refractivity (Wildman–Crippen MR) is 148 cm³/mol. The van der Waals surface area contributed by atoms with Gasteiger partial charge in [-0.15, -0.1) is 0 Å². The number of Topliss-reactive ketones (excluding diaryl/α,β-unsaturated/α-hetero) is 1. The molecule has 0 bridgehead atoms. The minimum atomic E-state index is -0.546. The van der Waals surface area contributed by atoms with Crippen molar-refractivity contribution in [1.82, 2.24) is 0 Å². The van der Waals surface area contributed by atoms with Gasteiger partial charge in [-0.05, 0) is 61.9 Å². The van der Waals surface area contributed by atoms with Gasteiger partial charge in [-0.3, -0.25) is 9.59 Å². The number of ketones is 1. The fourth-order valence-corrected chi connectivity index (χ4v) is 5.30. The van der Waals surface area contributed by atoms with Gasteiger partial charge in [-0.25, -0.2) is 4.79 Å². The first-order chi connectivity index (χ1) is 19.3. The summed E-state index contributed by atoms with van der Waals surface area (Å²) in [4.78, 5) is 38.6. The number of hydrogen-bond donors (Lipinski definition) is 0. The number of hydrogen-bond acceptors (Lipinski definition) is 9. The van der Waals surface area contributed by atoms with Gasteiger partial charge in [0.05, 0.1) is 41.0 Å². The summed E-state index contributed by atoms with van der Waals surface area (Å²) in [6.07, 6.45) is 6.87. The van der Waals surface area contributed by atoms with Crippen LogP contribution < -0.4 is 23.7 Å². The van der Waals surface area contributed by atoms with Crippen molar-refractivity contribution in [3.8, 4) is 28.7 Å². The summed E-state index contributed by atoms with van der Waals surface area (Å²) in [5.74, 6) is 0.587. The third-order valence-electron chi connectivity index (χ3n) is 7.25. The highest BCUT2D eigenvalue weighted by atomic mass is 16.6. The smallest absolute Gasteiger partial charge is 0.342 e. The van der Waals surface area contributed by atoms with E-state index in [2.05, 4.69) is 0 Å². The van der Waals surface area contributed by atoms with Gasteiger partial charge in [-0.1, -0.05) is 12.2 Å². The summed E-state index contributed by atoms with van der Waals surface area (Å²) in [5.41, 5.74) is 2.02. The van der Waals surface area contributed by atoms with Gasteiger partial charge >= 0.3 is 11.9 Å². The third kappa shape index (κ3) is 6.08. The molecule has 0 N–H and O–H groups in total. The maximum atomic E-state index is 13.6. The van der Waals surface area contributed by atoms with Crippen molar-refractivity contribution >= 4 is 23.8 Å². The molecule has 2 aliphatic heterocycles. The van der Waals surface area contributed by atoms with Crippen molar-refractivity contribution in [3.05, 3.63) is 46.5 Å². The Labute approximate surface area is 234 Å². The summed E-state index contributed by atoms with van der Waals surface area (Å²) in [5, 5.41) is 0. The molecule has 0 radical (unpaired) electrons. The van der Waals surface area contributed by atoms with Crippen molar-refractivity contribution in [2.75, 3.05) is 28.4 Å². The van der Waals surface area contributed by atoms with E-state index in [1.54, 1.807) is 24.3 Å². The number of rotatable bonds is 5. The molecule has 0 aromatic heterocycles. The lowest BCUT2D eigenvalue weighted by atomic mass is 9.83. The Bertz CT molecular complexity index is 1290. The lowest BCUT2D eigenvalue weighted by Gasteiger charge is -2.29. The molecule has 0 aliphatic carbocycles. The normalized spacial score (nSPS) is 19.9. The first kappa shape index (κ1) is 29.0. The minimum Gasteiger partial charge on any atom is -0.495 e. The Morgan fingerprint density at radius 3 is 2.17 bits per heavy atom. The quantitative estimate of drug-likeness (QED) is 0.344. The van der Waals surface area contributed by atoms with E-state index in [-0.39, 0.29) is 23.5 Å². The molecule has 2 aromatic rings. The molecular weight excluding hydrogens is 516 g/mol. The van der Waals surface area contributed by atoms with Crippen LogP contribution in [0.1, 0.15) is 84.8 Å². The molecule has 2 aliphatic rings. The Balaban J connectivity index is 1.90. The summed E-state index contributed by atoms with van der Waals surface area (Å²) in [7, 11) is 6.04. The summed E-state index contributed by atoms with van der Waals surface area (Å²) < 4.78 is 34.0. The van der Waals surface area contributed by atoms with Crippen molar-refractivity contribution < 1.29 is 42.8 Å². The molecular formula is C31H36O9. The van der Waals surface area contributed by atoms with Crippen molar-refractivity contribution in [2.24, 2.45) is 0 Å². The van der Waals surface area contributed by atoms with Crippen LogP contribution in [0.2, 0.25) is 0 Å². The number of benzene rings is 2. The molecule has 0 saturated heterocycles. The Morgan fingerprint density at radius 1 is 0.850 bits per heavy atom. The van der Waals surface area contributed by atoms with E-state index in [9.17, 15) is 14.4 Å². The van der Waals surface area contributed by atoms with Crippen LogP contribution in [-0.4, -0.2) is 52.3 Å². The summed E-state index contributed by atoms with van der Waals surface area (Å²) >= 11 is 0. The van der Waals surface area contributed by atoms with Crippen molar-refractivity contribution in [1.29, 1.82) is 0 Å². The molecule has 9 nitrogen and oxygen atoms in total. The fourth-order valence-electron chi connectivity index (χ4n) is 5.30. The Hall–Kier alpha value is -4.01. The monoisotopic (exact) mass is 552 g/mol. The molecule has 9 heteroatoms. The molecule has 0 fully saturated rings. The molecule has 4 rings (SSSR count). The molecule has 2 heterocycles. The number of methoxy groups -OCH3 is 4. The third-order valence-corrected chi connectivity index (χ3v) is 7.25. The summed E-state index contributed by atoms with van der Waals surface area (Å²) in [6, 6.07) is 5.23. The highest BCUT2D eigenvalue weighted by molar-refractivity contribution is 5.99. The second-order valence-electron chi connectivity index (χ2n) is 9.92. The Morgan fingerprint density at radius 2 is 1.52 bits per heavy atom. The van der Waals surface area contributed by atoms with E-state index in [4.69, 9.17) is 28.4 Å². The van der Waals surface area contributed by atoms with Crippen LogP contribution in [0.4, 0.5) is 0 Å². The van der Waals surface area contributed by atoms with Crippen LogP contribution in [-0.2, 0) is 14.3 Å². The predicted octanol–water partition coefficient (Wildman–Crippen LogP) is 5.64. The maximum absolute atomic E-state index is 13.6. The fraction of sp³-hybridized carbons (Fsp3) is 0.452. The average Bonchev–Trinajstić information content (AvgIpc) is 2.94. The number of esters is 2. The van der Waals surface area contributed by atoms with Gasteiger partial charge in [0.25, 0.3) is 0 Å². The zero-order chi connectivity index (χ0) is 28.8. The van der Waals surface area contributed by atoms with E-state index >= 15 is 0 Å². The van der Waals surface area contributed by atoms with E-state index < -0.39 is 24.0 Å². The molecule has 0 amide bonds. The first-order valence-electron chi connectivity index (χ1n) is 13.5. The second-order valence-corrected chi connectivity index (χ2v) is 9.92. The van der Waals surface area contributed by atoms with Gasteiger partial charge in [0, 0.05) is 24.3 Å². The topological polar surface area (TPSA) is 107 Å². The second kappa shape index (κ2) is 12.9. The molecule has 0 unspecified atom stereocenters. The number of cyclic esters (lactones) is 1. The van der Waals surface area contributed by atoms with Crippen LogP contribution in [0.25, 0.3) is 6.08 Å². The number of fused-ring (bicyclic) bond motifs is 2. The van der Waals surface area contributed by atoms with Crippen LogP contribution in [0.5, 0.6) is 28.7 Å². The maximum Gasteiger partial charge on any atom is 0.342 e. The van der Waals surface area contributed by atoms with E-state index in [0.717, 1.165) is 0 Å². The first-order valence-corrected chi connectivity index (χ1v) is 13.5.